The quantitative estimate of drug-likeness (QED) is 0.259. The molecule has 35 heavy (non-hydrogen) atoms. The number of aliphatic hydroxyl groups excluding tert-OH is 1. The Bertz CT molecular complexity index is 1320. The maximum Gasteiger partial charge on any atom is 0.300 e. The zero-order valence-electron chi connectivity index (χ0n) is 19.8. The standard InChI is InChI=1S/C28H25ClFNO4/c1-28(2,3)17-7-14-22(35-4)21(15-17)25(32)23-24(16-5-8-18(29)9-6-16)31(27(34)26(23)33)20-12-10-19(30)11-13-20/h5-15,24,32H,1-4H3/b25-23+. The number of aliphatic hydroxyl groups is 1. The summed E-state index contributed by atoms with van der Waals surface area (Å²) in [5, 5.41) is 12.0. The summed E-state index contributed by atoms with van der Waals surface area (Å²) in [6.45, 7) is 6.08. The average Bonchev–Trinajstić information content (AvgIpc) is 3.09. The highest BCUT2D eigenvalue weighted by Gasteiger charge is 2.47. The third-order valence-electron chi connectivity index (χ3n) is 6.06. The van der Waals surface area contributed by atoms with Crippen molar-refractivity contribution < 1.29 is 23.8 Å². The molecule has 7 heteroatoms. The van der Waals surface area contributed by atoms with Crippen LogP contribution in [-0.4, -0.2) is 23.9 Å². The molecule has 1 heterocycles. The van der Waals surface area contributed by atoms with Crippen LogP contribution in [0.5, 0.6) is 5.75 Å². The van der Waals surface area contributed by atoms with E-state index in [9.17, 15) is 19.1 Å². The van der Waals surface area contributed by atoms with E-state index in [0.29, 0.717) is 27.6 Å². The molecule has 5 nitrogen and oxygen atoms in total. The van der Waals surface area contributed by atoms with Crippen LogP contribution >= 0.6 is 11.6 Å². The van der Waals surface area contributed by atoms with Crippen molar-refractivity contribution in [1.82, 2.24) is 0 Å². The molecule has 1 fully saturated rings. The molecule has 3 aromatic rings. The fraction of sp³-hybridized carbons (Fsp3) is 0.214. The summed E-state index contributed by atoms with van der Waals surface area (Å²) >= 11 is 6.07. The van der Waals surface area contributed by atoms with E-state index in [0.717, 1.165) is 5.56 Å². The summed E-state index contributed by atoms with van der Waals surface area (Å²) in [6.07, 6.45) is 0. The van der Waals surface area contributed by atoms with Crippen LogP contribution in [0.25, 0.3) is 5.76 Å². The van der Waals surface area contributed by atoms with Crippen molar-refractivity contribution in [3.8, 4) is 5.75 Å². The number of halogens is 2. The van der Waals surface area contributed by atoms with Crippen molar-refractivity contribution >= 4 is 34.7 Å². The summed E-state index contributed by atoms with van der Waals surface area (Å²) < 4.78 is 19.1. The Morgan fingerprint density at radius 1 is 1.00 bits per heavy atom. The van der Waals surface area contributed by atoms with E-state index in [2.05, 4.69) is 0 Å². The molecule has 0 radical (unpaired) electrons. The van der Waals surface area contributed by atoms with Crippen LogP contribution in [0.4, 0.5) is 10.1 Å². The summed E-state index contributed by atoms with van der Waals surface area (Å²) in [4.78, 5) is 27.9. The molecule has 0 spiro atoms. The molecule has 1 amide bonds. The van der Waals surface area contributed by atoms with E-state index >= 15 is 0 Å². The van der Waals surface area contributed by atoms with E-state index in [4.69, 9.17) is 16.3 Å². The van der Waals surface area contributed by atoms with Crippen molar-refractivity contribution in [2.45, 2.75) is 32.2 Å². The topological polar surface area (TPSA) is 66.8 Å². The van der Waals surface area contributed by atoms with Gasteiger partial charge in [0.25, 0.3) is 11.7 Å². The van der Waals surface area contributed by atoms with E-state index in [1.807, 2.05) is 26.8 Å². The largest absolute Gasteiger partial charge is 0.507 e. The minimum Gasteiger partial charge on any atom is -0.507 e. The molecular weight excluding hydrogens is 469 g/mol. The van der Waals surface area contributed by atoms with E-state index in [1.54, 1.807) is 36.4 Å². The van der Waals surface area contributed by atoms with Gasteiger partial charge in [-0.15, -0.1) is 0 Å². The zero-order chi connectivity index (χ0) is 25.5. The van der Waals surface area contributed by atoms with Gasteiger partial charge >= 0.3 is 0 Å². The summed E-state index contributed by atoms with van der Waals surface area (Å²) in [7, 11) is 1.47. The van der Waals surface area contributed by atoms with Crippen LogP contribution in [0.15, 0.2) is 72.3 Å². The van der Waals surface area contributed by atoms with Crippen molar-refractivity contribution in [3.63, 3.8) is 0 Å². The number of carbonyl (C=O) groups is 2. The highest BCUT2D eigenvalue weighted by Crippen LogP contribution is 2.44. The van der Waals surface area contributed by atoms with Gasteiger partial charge in [0, 0.05) is 10.7 Å². The molecule has 0 aliphatic carbocycles. The molecule has 1 N–H and O–H groups in total. The van der Waals surface area contributed by atoms with Gasteiger partial charge in [-0.25, -0.2) is 4.39 Å². The second-order valence-corrected chi connectivity index (χ2v) is 9.80. The number of anilines is 1. The van der Waals surface area contributed by atoms with E-state index in [-0.39, 0.29) is 16.7 Å². The third-order valence-corrected chi connectivity index (χ3v) is 6.31. The lowest BCUT2D eigenvalue weighted by Gasteiger charge is -2.26. The van der Waals surface area contributed by atoms with Gasteiger partial charge in [0.1, 0.15) is 17.3 Å². The van der Waals surface area contributed by atoms with Gasteiger partial charge in [-0.3, -0.25) is 14.5 Å². The Balaban J connectivity index is 1.99. The number of carbonyl (C=O) groups excluding carboxylic acids is 2. The minimum absolute atomic E-state index is 0.0917. The Kier molecular flexibility index (Phi) is 6.43. The Morgan fingerprint density at radius 3 is 2.20 bits per heavy atom. The van der Waals surface area contributed by atoms with Crippen LogP contribution < -0.4 is 9.64 Å². The predicted molar refractivity (Wildman–Crippen MR) is 134 cm³/mol. The van der Waals surface area contributed by atoms with E-state index in [1.165, 1.54) is 36.3 Å². The molecular formula is C28H25ClFNO4. The van der Waals surface area contributed by atoms with Gasteiger partial charge in [-0.05, 0) is 65.1 Å². The highest BCUT2D eigenvalue weighted by atomic mass is 35.5. The average molecular weight is 494 g/mol. The van der Waals surface area contributed by atoms with Crippen LogP contribution in [0, 0.1) is 5.82 Å². The van der Waals surface area contributed by atoms with Crippen molar-refractivity contribution in [3.05, 3.63) is 99.8 Å². The minimum atomic E-state index is -0.958. The first kappa shape index (κ1) is 24.5. The van der Waals surface area contributed by atoms with Gasteiger partial charge in [0.05, 0.1) is 24.3 Å². The first-order chi connectivity index (χ1) is 16.5. The maximum absolute atomic E-state index is 13.6. The van der Waals surface area contributed by atoms with Gasteiger partial charge in [-0.1, -0.05) is 50.6 Å². The number of nitrogens with zero attached hydrogens (tertiary/aromatic N) is 1. The smallest absolute Gasteiger partial charge is 0.300 e. The molecule has 0 aromatic heterocycles. The first-order valence-electron chi connectivity index (χ1n) is 11.0. The molecule has 1 atom stereocenters. The number of hydrogen-bond donors (Lipinski definition) is 1. The number of rotatable bonds is 4. The number of amides is 1. The zero-order valence-corrected chi connectivity index (χ0v) is 20.6. The summed E-state index contributed by atoms with van der Waals surface area (Å²) in [5.41, 5.74) is 1.77. The molecule has 0 saturated carbocycles. The fourth-order valence-corrected chi connectivity index (χ4v) is 4.29. The number of Topliss-reactive ketones (excluding diaryl/α,β-unsaturated/α-hetero) is 1. The lowest BCUT2D eigenvalue weighted by Crippen LogP contribution is -2.29. The van der Waals surface area contributed by atoms with Crippen LogP contribution in [0.1, 0.15) is 43.5 Å². The van der Waals surface area contributed by atoms with Gasteiger partial charge in [0.15, 0.2) is 0 Å². The lowest BCUT2D eigenvalue weighted by molar-refractivity contribution is -0.132. The SMILES string of the molecule is COc1ccc(C(C)(C)C)cc1/C(O)=C1\C(=O)C(=O)N(c2ccc(F)cc2)C1c1ccc(Cl)cc1. The number of hydrogen-bond acceptors (Lipinski definition) is 4. The summed E-state index contributed by atoms with van der Waals surface area (Å²) in [6, 6.07) is 16.3. The second kappa shape index (κ2) is 9.19. The van der Waals surface area contributed by atoms with E-state index < -0.39 is 23.5 Å². The molecule has 1 aliphatic heterocycles. The fourth-order valence-electron chi connectivity index (χ4n) is 4.17. The predicted octanol–water partition coefficient (Wildman–Crippen LogP) is 6.41. The van der Waals surface area contributed by atoms with Gasteiger partial charge in [-0.2, -0.15) is 0 Å². The van der Waals surface area contributed by atoms with Crippen LogP contribution in [0.2, 0.25) is 5.02 Å². The second-order valence-electron chi connectivity index (χ2n) is 9.36. The molecule has 1 unspecified atom stereocenters. The van der Waals surface area contributed by atoms with Gasteiger partial charge in [0.2, 0.25) is 0 Å². The van der Waals surface area contributed by atoms with Gasteiger partial charge < -0.3 is 9.84 Å². The number of methoxy groups -OCH3 is 1. The molecule has 1 saturated heterocycles. The third kappa shape index (κ3) is 4.54. The highest BCUT2D eigenvalue weighted by molar-refractivity contribution is 6.51. The molecule has 3 aromatic carbocycles. The van der Waals surface area contributed by atoms with Crippen molar-refractivity contribution in [1.29, 1.82) is 0 Å². The maximum atomic E-state index is 13.6. The molecule has 180 valence electrons. The number of ketones is 1. The molecule has 4 rings (SSSR count). The van der Waals surface area contributed by atoms with Crippen molar-refractivity contribution in [2.24, 2.45) is 0 Å². The van der Waals surface area contributed by atoms with Crippen LogP contribution in [-0.2, 0) is 15.0 Å². The van der Waals surface area contributed by atoms with Crippen LogP contribution in [0.3, 0.4) is 0 Å². The first-order valence-corrected chi connectivity index (χ1v) is 11.4. The molecule has 0 bridgehead atoms. The number of ether oxygens (including phenoxy) is 1. The summed E-state index contributed by atoms with van der Waals surface area (Å²) in [5.74, 6) is -2.15. The van der Waals surface area contributed by atoms with Crippen molar-refractivity contribution in [2.75, 3.05) is 12.0 Å². The normalized spacial score (nSPS) is 17.7. The monoisotopic (exact) mass is 493 g/mol. The lowest BCUT2D eigenvalue weighted by atomic mass is 9.85. The Hall–Kier alpha value is -3.64. The number of benzene rings is 3. The Morgan fingerprint density at radius 2 is 1.63 bits per heavy atom. The Labute approximate surface area is 208 Å². The molecule has 1 aliphatic rings.